The van der Waals surface area contributed by atoms with Gasteiger partial charge >= 0.3 is 11.9 Å². The molecule has 1 rings (SSSR count). The molecule has 1 aromatic rings. The van der Waals surface area contributed by atoms with E-state index in [4.69, 9.17) is 14.2 Å². The van der Waals surface area contributed by atoms with Crippen molar-refractivity contribution >= 4 is 11.9 Å². The van der Waals surface area contributed by atoms with Gasteiger partial charge in [0.15, 0.2) is 0 Å². The number of ether oxygens (including phenoxy) is 3. The Kier molecular flexibility index (Phi) is 8.04. The molecule has 0 fully saturated rings. The van der Waals surface area contributed by atoms with Crippen LogP contribution in [0.5, 0.6) is 5.75 Å². The number of carbonyl (C=O) groups excluding carboxylic acids is 2. The summed E-state index contributed by atoms with van der Waals surface area (Å²) in [7, 11) is 1.59. The molecule has 0 radical (unpaired) electrons. The molecule has 0 bridgehead atoms. The first-order chi connectivity index (χ1) is 10.5. The maximum Gasteiger partial charge on any atom is 0.306 e. The van der Waals surface area contributed by atoms with Crippen molar-refractivity contribution in [2.75, 3.05) is 13.7 Å². The van der Waals surface area contributed by atoms with Gasteiger partial charge in [0.05, 0.1) is 13.7 Å². The SMILES string of the molecule is COc1cccc(COC(=O)CCCC(=O)OCC(C)C)c1. The lowest BCUT2D eigenvalue weighted by atomic mass is 10.2. The predicted octanol–water partition coefficient (Wildman–Crippen LogP) is 3.11. The third-order valence-electron chi connectivity index (χ3n) is 2.87. The molecule has 0 unspecified atom stereocenters. The average molecular weight is 308 g/mol. The van der Waals surface area contributed by atoms with Gasteiger partial charge in [-0.2, -0.15) is 0 Å². The van der Waals surface area contributed by atoms with Crippen molar-refractivity contribution in [1.82, 2.24) is 0 Å². The highest BCUT2D eigenvalue weighted by molar-refractivity contribution is 5.72. The molecule has 0 saturated carbocycles. The fourth-order valence-corrected chi connectivity index (χ4v) is 1.71. The Balaban J connectivity index is 2.19. The van der Waals surface area contributed by atoms with Crippen molar-refractivity contribution in [3.63, 3.8) is 0 Å². The van der Waals surface area contributed by atoms with Gasteiger partial charge in [-0.05, 0) is 30.0 Å². The van der Waals surface area contributed by atoms with Gasteiger partial charge in [0.2, 0.25) is 0 Å². The molecule has 22 heavy (non-hydrogen) atoms. The molecule has 0 spiro atoms. The minimum atomic E-state index is -0.320. The van der Waals surface area contributed by atoms with Crippen LogP contribution in [0.2, 0.25) is 0 Å². The highest BCUT2D eigenvalue weighted by atomic mass is 16.5. The van der Waals surface area contributed by atoms with Crippen LogP contribution < -0.4 is 4.74 Å². The summed E-state index contributed by atoms with van der Waals surface area (Å²) in [4.78, 5) is 23.0. The fourth-order valence-electron chi connectivity index (χ4n) is 1.71. The third-order valence-corrected chi connectivity index (χ3v) is 2.87. The van der Waals surface area contributed by atoms with E-state index in [1.165, 1.54) is 0 Å². The lowest BCUT2D eigenvalue weighted by molar-refractivity contribution is -0.146. The van der Waals surface area contributed by atoms with E-state index in [1.54, 1.807) is 7.11 Å². The van der Waals surface area contributed by atoms with Gasteiger partial charge in [0, 0.05) is 12.8 Å². The van der Waals surface area contributed by atoms with Gasteiger partial charge in [0.1, 0.15) is 12.4 Å². The maximum absolute atomic E-state index is 11.6. The molecule has 0 amide bonds. The van der Waals surface area contributed by atoms with Gasteiger partial charge < -0.3 is 14.2 Å². The van der Waals surface area contributed by atoms with Crippen LogP contribution in [-0.4, -0.2) is 25.7 Å². The number of carbonyl (C=O) groups is 2. The van der Waals surface area contributed by atoms with Crippen LogP contribution in [0.15, 0.2) is 24.3 Å². The third kappa shape index (κ3) is 7.67. The highest BCUT2D eigenvalue weighted by Crippen LogP contribution is 2.13. The first-order valence-electron chi connectivity index (χ1n) is 7.45. The van der Waals surface area contributed by atoms with Gasteiger partial charge in [-0.15, -0.1) is 0 Å². The van der Waals surface area contributed by atoms with Crippen molar-refractivity contribution < 1.29 is 23.8 Å². The van der Waals surface area contributed by atoms with Crippen LogP contribution in [0, 0.1) is 5.92 Å². The quantitative estimate of drug-likeness (QED) is 0.656. The zero-order chi connectivity index (χ0) is 16.4. The molecule has 0 aliphatic heterocycles. The van der Waals surface area contributed by atoms with Crippen LogP contribution in [-0.2, 0) is 25.7 Å². The highest BCUT2D eigenvalue weighted by Gasteiger charge is 2.08. The summed E-state index contributed by atoms with van der Waals surface area (Å²) in [5.74, 6) is 0.451. The molecule has 1 aromatic carbocycles. The number of rotatable bonds is 9. The summed E-state index contributed by atoms with van der Waals surface area (Å²) >= 11 is 0. The number of hydrogen-bond donors (Lipinski definition) is 0. The molecule has 0 heterocycles. The lowest BCUT2D eigenvalue weighted by Crippen LogP contribution is -2.11. The van der Waals surface area contributed by atoms with Gasteiger partial charge in [-0.25, -0.2) is 0 Å². The smallest absolute Gasteiger partial charge is 0.306 e. The van der Waals surface area contributed by atoms with E-state index in [0.29, 0.717) is 18.9 Å². The zero-order valence-corrected chi connectivity index (χ0v) is 13.5. The molecule has 0 aromatic heterocycles. The normalized spacial score (nSPS) is 10.4. The van der Waals surface area contributed by atoms with Crippen molar-refractivity contribution in [3.05, 3.63) is 29.8 Å². The second kappa shape index (κ2) is 9.82. The predicted molar refractivity (Wildman–Crippen MR) is 82.4 cm³/mol. The summed E-state index contributed by atoms with van der Waals surface area (Å²) in [5, 5.41) is 0. The molecule has 0 aliphatic carbocycles. The number of benzene rings is 1. The Morgan fingerprint density at radius 1 is 1.09 bits per heavy atom. The Labute approximate surface area is 131 Å². The second-order valence-electron chi connectivity index (χ2n) is 5.44. The van der Waals surface area contributed by atoms with E-state index in [-0.39, 0.29) is 31.4 Å². The molecule has 0 aliphatic rings. The lowest BCUT2D eigenvalue weighted by Gasteiger charge is -2.08. The summed E-state index contributed by atoms with van der Waals surface area (Å²) in [6.45, 7) is 4.57. The minimum Gasteiger partial charge on any atom is -0.497 e. The molecule has 5 heteroatoms. The van der Waals surface area contributed by atoms with Crippen molar-refractivity contribution in [1.29, 1.82) is 0 Å². The molecular weight excluding hydrogens is 284 g/mol. The topological polar surface area (TPSA) is 61.8 Å². The van der Waals surface area contributed by atoms with Crippen LogP contribution >= 0.6 is 0 Å². The Bertz CT molecular complexity index is 482. The molecular formula is C17H24O5. The summed E-state index contributed by atoms with van der Waals surface area (Å²) < 4.78 is 15.3. The molecule has 0 N–H and O–H groups in total. The van der Waals surface area contributed by atoms with Crippen molar-refractivity contribution in [2.45, 2.75) is 39.7 Å². The summed E-state index contributed by atoms with van der Waals surface area (Å²) in [6.07, 6.45) is 0.885. The second-order valence-corrected chi connectivity index (χ2v) is 5.44. The van der Waals surface area contributed by atoms with Crippen LogP contribution in [0.25, 0.3) is 0 Å². The van der Waals surface area contributed by atoms with Crippen molar-refractivity contribution in [2.24, 2.45) is 5.92 Å². The Morgan fingerprint density at radius 2 is 1.77 bits per heavy atom. The number of esters is 2. The number of hydrogen-bond acceptors (Lipinski definition) is 5. The summed E-state index contributed by atoms with van der Waals surface area (Å²) in [6, 6.07) is 7.34. The largest absolute Gasteiger partial charge is 0.497 e. The van der Waals surface area contributed by atoms with Crippen molar-refractivity contribution in [3.8, 4) is 5.75 Å². The van der Waals surface area contributed by atoms with E-state index < -0.39 is 0 Å². The summed E-state index contributed by atoms with van der Waals surface area (Å²) in [5.41, 5.74) is 0.865. The Morgan fingerprint density at radius 3 is 2.41 bits per heavy atom. The molecule has 0 atom stereocenters. The van der Waals surface area contributed by atoms with Crippen LogP contribution in [0.1, 0.15) is 38.7 Å². The minimum absolute atomic E-state index is 0.202. The van der Waals surface area contributed by atoms with Gasteiger partial charge in [-0.3, -0.25) is 9.59 Å². The zero-order valence-electron chi connectivity index (χ0n) is 13.5. The van der Waals surface area contributed by atoms with Gasteiger partial charge in [-0.1, -0.05) is 26.0 Å². The van der Waals surface area contributed by atoms with E-state index >= 15 is 0 Å². The number of methoxy groups -OCH3 is 1. The molecule has 122 valence electrons. The van der Waals surface area contributed by atoms with Crippen LogP contribution in [0.4, 0.5) is 0 Å². The standard InChI is InChI=1S/C17H24O5/c1-13(2)11-21-16(18)8-5-9-17(19)22-12-14-6-4-7-15(10-14)20-3/h4,6-7,10,13H,5,8-9,11-12H2,1-3H3. The van der Waals surface area contributed by atoms with Crippen LogP contribution in [0.3, 0.4) is 0 Å². The monoisotopic (exact) mass is 308 g/mol. The average Bonchev–Trinajstić information content (AvgIpc) is 2.51. The van der Waals surface area contributed by atoms with E-state index in [9.17, 15) is 9.59 Å². The van der Waals surface area contributed by atoms with E-state index in [2.05, 4.69) is 0 Å². The first-order valence-corrected chi connectivity index (χ1v) is 7.45. The maximum atomic E-state index is 11.6. The molecule has 5 nitrogen and oxygen atoms in total. The van der Waals surface area contributed by atoms with E-state index in [1.807, 2.05) is 38.1 Å². The van der Waals surface area contributed by atoms with E-state index in [0.717, 1.165) is 11.3 Å². The first kappa shape index (κ1) is 18.0. The Hall–Kier alpha value is -2.04. The molecule has 0 saturated heterocycles. The van der Waals surface area contributed by atoms with Gasteiger partial charge in [0.25, 0.3) is 0 Å². The fraction of sp³-hybridized carbons (Fsp3) is 0.529.